The molecular weight excluding hydrogens is 261 g/mol. The molecule has 0 aliphatic rings. The highest BCUT2D eigenvalue weighted by molar-refractivity contribution is 5.79. The van der Waals surface area contributed by atoms with Gasteiger partial charge in [0.25, 0.3) is 0 Å². The van der Waals surface area contributed by atoms with Crippen LogP contribution in [-0.4, -0.2) is 26.3 Å². The van der Waals surface area contributed by atoms with Crippen molar-refractivity contribution in [2.45, 2.75) is 6.92 Å². The average molecular weight is 275 g/mol. The Hall–Kier alpha value is -2.57. The van der Waals surface area contributed by atoms with E-state index in [4.69, 9.17) is 10.5 Å². The van der Waals surface area contributed by atoms with Gasteiger partial charge in [0.2, 0.25) is 5.88 Å². The predicted octanol–water partition coefficient (Wildman–Crippen LogP) is 1.77. The van der Waals surface area contributed by atoms with Gasteiger partial charge in [-0.2, -0.15) is 5.10 Å². The number of fused-ring (bicyclic) bond motifs is 1. The van der Waals surface area contributed by atoms with Crippen molar-refractivity contribution in [2.75, 3.05) is 12.8 Å². The van der Waals surface area contributed by atoms with Gasteiger partial charge in [-0.05, 0) is 19.1 Å². The molecule has 0 radical (unpaired) electrons. The number of nitrogens with two attached hydrogens (primary N) is 1. The van der Waals surface area contributed by atoms with E-state index < -0.39 is 0 Å². The van der Waals surface area contributed by atoms with Crippen LogP contribution >= 0.6 is 0 Å². The van der Waals surface area contributed by atoms with Crippen LogP contribution in [0.3, 0.4) is 0 Å². The second-order valence-electron chi connectivity index (χ2n) is 4.51. The van der Waals surface area contributed by atoms with Crippen LogP contribution in [-0.2, 0) is 7.05 Å². The molecule has 3 aromatic heterocycles. The molecule has 0 spiro atoms. The molecule has 7 heteroatoms. The highest BCUT2D eigenvalue weighted by Gasteiger charge is 2.22. The van der Waals surface area contributed by atoms with Gasteiger partial charge in [0.15, 0.2) is 0 Å². The van der Waals surface area contributed by atoms with Crippen molar-refractivity contribution >= 4 is 11.5 Å². The summed E-state index contributed by atoms with van der Waals surface area (Å²) in [5, 5.41) is 4.30. The van der Waals surface area contributed by atoms with Crippen molar-refractivity contribution in [2.24, 2.45) is 7.05 Å². The molecule has 3 aromatic rings. The van der Waals surface area contributed by atoms with Gasteiger partial charge >= 0.3 is 0 Å². The van der Waals surface area contributed by atoms with E-state index in [2.05, 4.69) is 10.1 Å². The van der Waals surface area contributed by atoms with Crippen molar-refractivity contribution < 1.29 is 9.13 Å². The van der Waals surface area contributed by atoms with Crippen LogP contribution in [0.15, 0.2) is 18.3 Å². The molecule has 6 nitrogen and oxygen atoms in total. The first-order valence-corrected chi connectivity index (χ1v) is 6.04. The number of halogens is 1. The lowest BCUT2D eigenvalue weighted by molar-refractivity contribution is 0.374. The maximum absolute atomic E-state index is 13.3. The minimum Gasteiger partial charge on any atom is -0.481 e. The van der Waals surface area contributed by atoms with Crippen molar-refractivity contribution in [1.82, 2.24) is 19.2 Å². The number of methoxy groups -OCH3 is 1. The highest BCUT2D eigenvalue weighted by Crippen LogP contribution is 2.35. The van der Waals surface area contributed by atoms with E-state index in [9.17, 15) is 4.39 Å². The largest absolute Gasteiger partial charge is 0.481 e. The smallest absolute Gasteiger partial charge is 0.221 e. The second kappa shape index (κ2) is 4.22. The Labute approximate surface area is 114 Å². The van der Waals surface area contributed by atoms with Gasteiger partial charge in [-0.15, -0.1) is 0 Å². The molecule has 0 amide bonds. The Morgan fingerprint density at radius 3 is 2.80 bits per heavy atom. The van der Waals surface area contributed by atoms with Crippen LogP contribution < -0.4 is 10.5 Å². The number of nitrogens with zero attached hydrogens (tertiary/aromatic N) is 4. The van der Waals surface area contributed by atoms with Gasteiger partial charge in [-0.3, -0.25) is 4.40 Å². The van der Waals surface area contributed by atoms with Crippen LogP contribution in [0.2, 0.25) is 0 Å². The summed E-state index contributed by atoms with van der Waals surface area (Å²) in [6.45, 7) is 1.85. The molecule has 0 atom stereocenters. The number of rotatable bonds is 2. The molecule has 2 N–H and O–H groups in total. The van der Waals surface area contributed by atoms with E-state index in [-0.39, 0.29) is 5.82 Å². The van der Waals surface area contributed by atoms with Crippen LogP contribution in [0.25, 0.3) is 16.9 Å². The Morgan fingerprint density at radius 2 is 2.10 bits per heavy atom. The standard InChI is InChI=1S/C13H14FN5O/c1-7-10(13(20-3)18(2)17-7)11-12(15)19-6-8(14)4-5-9(19)16-11/h4-6H,15H2,1-3H3. The molecular formula is C13H14FN5O. The summed E-state index contributed by atoms with van der Waals surface area (Å²) in [5.74, 6) is 0.551. The average Bonchev–Trinajstić information content (AvgIpc) is 2.87. The third-order valence-electron chi connectivity index (χ3n) is 3.22. The summed E-state index contributed by atoms with van der Waals surface area (Å²) in [5.41, 5.74) is 8.67. The quantitative estimate of drug-likeness (QED) is 0.773. The molecule has 0 aromatic carbocycles. The monoisotopic (exact) mass is 275 g/mol. The van der Waals surface area contributed by atoms with E-state index in [1.54, 1.807) is 24.9 Å². The fraction of sp³-hybridized carbons (Fsp3) is 0.231. The first-order chi connectivity index (χ1) is 9.52. The minimum atomic E-state index is -0.372. The van der Waals surface area contributed by atoms with Gasteiger partial charge < -0.3 is 10.5 Å². The lowest BCUT2D eigenvalue weighted by Crippen LogP contribution is -1.97. The minimum absolute atomic E-state index is 0.355. The van der Waals surface area contributed by atoms with E-state index in [0.717, 1.165) is 11.3 Å². The Morgan fingerprint density at radius 1 is 1.35 bits per heavy atom. The summed E-state index contributed by atoms with van der Waals surface area (Å²) in [6.07, 6.45) is 1.30. The van der Waals surface area contributed by atoms with Gasteiger partial charge in [0.05, 0.1) is 18.4 Å². The SMILES string of the molecule is COc1c(-c2nc3ccc(F)cn3c2N)c(C)nn1C. The van der Waals surface area contributed by atoms with Crippen molar-refractivity contribution in [1.29, 1.82) is 0 Å². The summed E-state index contributed by atoms with van der Waals surface area (Å²) < 4.78 is 21.8. The summed E-state index contributed by atoms with van der Waals surface area (Å²) in [6, 6.07) is 2.92. The van der Waals surface area contributed by atoms with E-state index >= 15 is 0 Å². The lowest BCUT2D eigenvalue weighted by atomic mass is 10.2. The van der Waals surface area contributed by atoms with Gasteiger partial charge in [0, 0.05) is 13.2 Å². The van der Waals surface area contributed by atoms with Crippen LogP contribution in [0.4, 0.5) is 10.2 Å². The number of hydrogen-bond acceptors (Lipinski definition) is 4. The molecule has 0 bridgehead atoms. The van der Waals surface area contributed by atoms with Crippen LogP contribution in [0, 0.1) is 12.7 Å². The number of ether oxygens (including phenoxy) is 1. The third-order valence-corrected chi connectivity index (χ3v) is 3.22. The zero-order valence-corrected chi connectivity index (χ0v) is 11.4. The van der Waals surface area contributed by atoms with Gasteiger partial charge in [0.1, 0.15) is 23.0 Å². The Bertz CT molecular complexity index is 805. The first-order valence-electron chi connectivity index (χ1n) is 6.04. The van der Waals surface area contributed by atoms with E-state index in [0.29, 0.717) is 23.0 Å². The van der Waals surface area contributed by atoms with Crippen molar-refractivity contribution in [3.8, 4) is 17.1 Å². The summed E-state index contributed by atoms with van der Waals surface area (Å²) >= 11 is 0. The summed E-state index contributed by atoms with van der Waals surface area (Å²) in [7, 11) is 3.34. The fourth-order valence-electron chi connectivity index (χ4n) is 2.36. The molecule has 0 aliphatic heterocycles. The predicted molar refractivity (Wildman–Crippen MR) is 73.1 cm³/mol. The number of hydrogen-bond donors (Lipinski definition) is 1. The van der Waals surface area contributed by atoms with Crippen molar-refractivity contribution in [3.05, 3.63) is 29.8 Å². The number of nitrogen functional groups attached to an aromatic ring is 1. The van der Waals surface area contributed by atoms with E-state index in [1.165, 1.54) is 16.7 Å². The lowest BCUT2D eigenvalue weighted by Gasteiger charge is -2.03. The molecule has 104 valence electrons. The Kier molecular flexibility index (Phi) is 2.63. The van der Waals surface area contributed by atoms with Crippen molar-refractivity contribution in [3.63, 3.8) is 0 Å². The zero-order chi connectivity index (χ0) is 14.4. The number of imidazole rings is 1. The molecule has 0 unspecified atom stereocenters. The molecule has 3 rings (SSSR count). The van der Waals surface area contributed by atoms with E-state index in [1.807, 2.05) is 6.92 Å². The van der Waals surface area contributed by atoms with Crippen LogP contribution in [0.5, 0.6) is 5.88 Å². The first kappa shape index (κ1) is 12.5. The maximum Gasteiger partial charge on any atom is 0.221 e. The molecule has 0 saturated carbocycles. The normalized spacial score (nSPS) is 11.2. The Balaban J connectivity index is 2.33. The number of aromatic nitrogens is 4. The number of pyridine rings is 1. The molecule has 0 saturated heterocycles. The number of aryl methyl sites for hydroxylation is 2. The fourth-order valence-corrected chi connectivity index (χ4v) is 2.36. The van der Waals surface area contributed by atoms with Gasteiger partial charge in [-0.1, -0.05) is 0 Å². The molecule has 0 aliphatic carbocycles. The highest BCUT2D eigenvalue weighted by atomic mass is 19.1. The van der Waals surface area contributed by atoms with Crippen LogP contribution in [0.1, 0.15) is 5.69 Å². The van der Waals surface area contributed by atoms with Gasteiger partial charge in [-0.25, -0.2) is 14.1 Å². The second-order valence-corrected chi connectivity index (χ2v) is 4.51. The topological polar surface area (TPSA) is 70.4 Å². The molecule has 0 fully saturated rings. The third kappa shape index (κ3) is 1.63. The number of anilines is 1. The molecule has 20 heavy (non-hydrogen) atoms. The molecule has 3 heterocycles. The summed E-state index contributed by atoms with van der Waals surface area (Å²) in [4.78, 5) is 4.44. The zero-order valence-electron chi connectivity index (χ0n) is 11.4. The maximum atomic E-state index is 13.3.